The Labute approximate surface area is 114 Å². The molecule has 0 aromatic carbocycles. The van der Waals surface area contributed by atoms with Crippen molar-refractivity contribution in [3.8, 4) is 0 Å². The van der Waals surface area contributed by atoms with Crippen molar-refractivity contribution < 1.29 is 23.1 Å². The predicted molar refractivity (Wildman–Crippen MR) is 70.9 cm³/mol. The fourth-order valence-corrected chi connectivity index (χ4v) is 2.48. The molecule has 1 aromatic rings. The average molecular weight is 306 g/mol. The Hall–Kier alpha value is -1.61. The van der Waals surface area contributed by atoms with Crippen LogP contribution in [0.2, 0.25) is 0 Å². The molecule has 0 aliphatic heterocycles. The standard InChI is InChI=1S/C10H14N2O5S2/c1-19(16,17)6-4-11-10(15)12-8(9(13)14)7-3-2-5-18-7/h2-3,5,8H,4,6H2,1H3,(H,13,14)(H2,11,12,15). The number of thiophene rings is 1. The van der Waals surface area contributed by atoms with Crippen molar-refractivity contribution in [3.63, 3.8) is 0 Å². The summed E-state index contributed by atoms with van der Waals surface area (Å²) in [4.78, 5) is 23.0. The van der Waals surface area contributed by atoms with Gasteiger partial charge in [-0.1, -0.05) is 6.07 Å². The van der Waals surface area contributed by atoms with Crippen LogP contribution in [0.3, 0.4) is 0 Å². The van der Waals surface area contributed by atoms with Gasteiger partial charge in [-0.15, -0.1) is 11.3 Å². The highest BCUT2D eigenvalue weighted by molar-refractivity contribution is 7.90. The molecular weight excluding hydrogens is 292 g/mol. The van der Waals surface area contributed by atoms with Gasteiger partial charge in [0.25, 0.3) is 0 Å². The van der Waals surface area contributed by atoms with E-state index in [0.29, 0.717) is 4.88 Å². The van der Waals surface area contributed by atoms with Crippen molar-refractivity contribution in [1.29, 1.82) is 0 Å². The Kier molecular flexibility index (Phi) is 5.31. The fraction of sp³-hybridized carbons (Fsp3) is 0.400. The Morgan fingerprint density at radius 2 is 2.16 bits per heavy atom. The molecule has 0 saturated heterocycles. The summed E-state index contributed by atoms with van der Waals surface area (Å²) < 4.78 is 21.7. The lowest BCUT2D eigenvalue weighted by atomic mass is 10.2. The molecule has 0 bridgehead atoms. The predicted octanol–water partition coefficient (Wildman–Crippen LogP) is 0.218. The monoisotopic (exact) mass is 306 g/mol. The molecule has 1 unspecified atom stereocenters. The summed E-state index contributed by atoms with van der Waals surface area (Å²) in [7, 11) is -3.16. The van der Waals surface area contributed by atoms with Gasteiger partial charge in [-0.25, -0.2) is 18.0 Å². The minimum Gasteiger partial charge on any atom is -0.479 e. The number of aliphatic carboxylic acids is 1. The Bertz CT molecular complexity index is 538. The van der Waals surface area contributed by atoms with Gasteiger partial charge in [0.15, 0.2) is 6.04 Å². The van der Waals surface area contributed by atoms with Crippen molar-refractivity contribution in [3.05, 3.63) is 22.4 Å². The van der Waals surface area contributed by atoms with Crippen LogP contribution in [0.1, 0.15) is 10.9 Å². The highest BCUT2D eigenvalue weighted by Gasteiger charge is 2.22. The van der Waals surface area contributed by atoms with Crippen LogP contribution in [-0.2, 0) is 14.6 Å². The average Bonchev–Trinajstić information content (AvgIpc) is 2.76. The number of amides is 2. The molecule has 1 aromatic heterocycles. The van der Waals surface area contributed by atoms with E-state index >= 15 is 0 Å². The highest BCUT2D eigenvalue weighted by atomic mass is 32.2. The van der Waals surface area contributed by atoms with Crippen molar-refractivity contribution in [2.75, 3.05) is 18.6 Å². The molecule has 7 nitrogen and oxygen atoms in total. The van der Waals surface area contributed by atoms with E-state index in [4.69, 9.17) is 5.11 Å². The molecule has 1 heterocycles. The van der Waals surface area contributed by atoms with E-state index < -0.39 is 27.9 Å². The zero-order valence-corrected chi connectivity index (χ0v) is 11.8. The zero-order valence-electron chi connectivity index (χ0n) is 10.1. The summed E-state index contributed by atoms with van der Waals surface area (Å²) in [5.41, 5.74) is 0. The molecule has 0 aliphatic rings. The van der Waals surface area contributed by atoms with Crippen LogP contribution in [0.4, 0.5) is 4.79 Å². The Morgan fingerprint density at radius 3 is 2.63 bits per heavy atom. The van der Waals surface area contributed by atoms with Gasteiger partial charge in [-0.2, -0.15) is 0 Å². The molecule has 0 saturated carbocycles. The normalized spacial score (nSPS) is 12.7. The number of hydrogen-bond acceptors (Lipinski definition) is 5. The number of carboxylic acids is 1. The number of rotatable bonds is 6. The number of nitrogens with one attached hydrogen (secondary N) is 2. The third-order valence-corrected chi connectivity index (χ3v) is 3.99. The third-order valence-electron chi connectivity index (χ3n) is 2.11. The smallest absolute Gasteiger partial charge is 0.331 e. The lowest BCUT2D eigenvalue weighted by Gasteiger charge is -2.13. The van der Waals surface area contributed by atoms with Crippen LogP contribution in [-0.4, -0.2) is 44.1 Å². The largest absolute Gasteiger partial charge is 0.479 e. The van der Waals surface area contributed by atoms with Crippen LogP contribution < -0.4 is 10.6 Å². The maximum absolute atomic E-state index is 11.5. The fourth-order valence-electron chi connectivity index (χ4n) is 1.24. The van der Waals surface area contributed by atoms with E-state index in [0.717, 1.165) is 6.26 Å². The first-order chi connectivity index (χ1) is 8.79. The van der Waals surface area contributed by atoms with Gasteiger partial charge in [0.05, 0.1) is 5.75 Å². The van der Waals surface area contributed by atoms with Gasteiger partial charge in [0, 0.05) is 17.7 Å². The van der Waals surface area contributed by atoms with Crippen LogP contribution in [0.15, 0.2) is 17.5 Å². The van der Waals surface area contributed by atoms with Gasteiger partial charge in [-0.3, -0.25) is 0 Å². The van der Waals surface area contributed by atoms with Crippen LogP contribution >= 0.6 is 11.3 Å². The maximum atomic E-state index is 11.5. The molecule has 1 rings (SSSR count). The lowest BCUT2D eigenvalue weighted by molar-refractivity contribution is -0.139. The maximum Gasteiger partial charge on any atom is 0.331 e. The van der Waals surface area contributed by atoms with E-state index in [-0.39, 0.29) is 12.3 Å². The summed E-state index contributed by atoms with van der Waals surface area (Å²) in [6, 6.07) is 1.42. The summed E-state index contributed by atoms with van der Waals surface area (Å²) in [6.07, 6.45) is 1.05. The quantitative estimate of drug-likeness (QED) is 0.696. The second kappa shape index (κ2) is 6.53. The second-order valence-corrected chi connectivity index (χ2v) is 7.06. The van der Waals surface area contributed by atoms with Crippen molar-refractivity contribution in [2.24, 2.45) is 0 Å². The van der Waals surface area contributed by atoms with E-state index in [1.165, 1.54) is 11.3 Å². The molecule has 3 N–H and O–H groups in total. The lowest BCUT2D eigenvalue weighted by Crippen LogP contribution is -2.42. The minimum atomic E-state index is -3.16. The number of urea groups is 1. The molecule has 1 atom stereocenters. The number of carbonyl (C=O) groups excluding carboxylic acids is 1. The van der Waals surface area contributed by atoms with Crippen molar-refractivity contribution in [2.45, 2.75) is 6.04 Å². The first-order valence-corrected chi connectivity index (χ1v) is 8.22. The summed E-state index contributed by atoms with van der Waals surface area (Å²) in [5, 5.41) is 15.3. The van der Waals surface area contributed by atoms with E-state index in [1.54, 1.807) is 17.5 Å². The van der Waals surface area contributed by atoms with E-state index in [1.807, 2.05) is 0 Å². The molecule has 2 amide bonds. The summed E-state index contributed by atoms with van der Waals surface area (Å²) in [6.45, 7) is -0.0680. The van der Waals surface area contributed by atoms with Gasteiger partial charge in [-0.05, 0) is 11.4 Å². The van der Waals surface area contributed by atoms with Gasteiger partial charge in [0.2, 0.25) is 0 Å². The van der Waals surface area contributed by atoms with E-state index in [2.05, 4.69) is 10.6 Å². The topological polar surface area (TPSA) is 113 Å². The second-order valence-electron chi connectivity index (χ2n) is 3.82. The number of sulfone groups is 1. The molecule has 0 aliphatic carbocycles. The van der Waals surface area contributed by atoms with Crippen molar-refractivity contribution in [1.82, 2.24) is 10.6 Å². The van der Waals surface area contributed by atoms with Gasteiger partial charge < -0.3 is 15.7 Å². The molecule has 9 heteroatoms. The molecule has 0 spiro atoms. The summed E-state index contributed by atoms with van der Waals surface area (Å²) >= 11 is 1.21. The molecule has 106 valence electrons. The number of carbonyl (C=O) groups is 2. The molecule has 19 heavy (non-hydrogen) atoms. The van der Waals surface area contributed by atoms with Crippen LogP contribution in [0, 0.1) is 0 Å². The highest BCUT2D eigenvalue weighted by Crippen LogP contribution is 2.18. The molecular formula is C10H14N2O5S2. The molecule has 0 radical (unpaired) electrons. The minimum absolute atomic E-state index is 0.0680. The number of carboxylic acid groups (broad SMARTS) is 1. The SMILES string of the molecule is CS(=O)(=O)CCNC(=O)NC(C(=O)O)c1cccs1. The van der Waals surface area contributed by atoms with Crippen LogP contribution in [0.5, 0.6) is 0 Å². The molecule has 0 fully saturated rings. The summed E-state index contributed by atoms with van der Waals surface area (Å²) in [5.74, 6) is -1.38. The van der Waals surface area contributed by atoms with E-state index in [9.17, 15) is 18.0 Å². The van der Waals surface area contributed by atoms with Crippen molar-refractivity contribution >= 4 is 33.2 Å². The Morgan fingerprint density at radius 1 is 1.47 bits per heavy atom. The first-order valence-electron chi connectivity index (χ1n) is 5.28. The Balaban J connectivity index is 2.52. The van der Waals surface area contributed by atoms with Gasteiger partial charge >= 0.3 is 12.0 Å². The van der Waals surface area contributed by atoms with Crippen LogP contribution in [0.25, 0.3) is 0 Å². The van der Waals surface area contributed by atoms with Gasteiger partial charge in [0.1, 0.15) is 9.84 Å². The first kappa shape index (κ1) is 15.4. The number of hydrogen-bond donors (Lipinski definition) is 3. The zero-order chi connectivity index (χ0) is 14.5. The third kappa shape index (κ3) is 5.71.